The molecule has 3 rings (SSSR count). The van der Waals surface area contributed by atoms with E-state index in [2.05, 4.69) is 5.32 Å². The lowest BCUT2D eigenvalue weighted by molar-refractivity contribution is -0.138. The van der Waals surface area contributed by atoms with Gasteiger partial charge >= 0.3 is 12.2 Å². The van der Waals surface area contributed by atoms with Gasteiger partial charge in [-0.3, -0.25) is 4.79 Å². The van der Waals surface area contributed by atoms with Crippen LogP contribution in [0.2, 0.25) is 0 Å². The number of urea groups is 1. The van der Waals surface area contributed by atoms with Crippen LogP contribution in [0.5, 0.6) is 5.75 Å². The van der Waals surface area contributed by atoms with Crippen LogP contribution in [0.3, 0.4) is 0 Å². The number of hydrogen-bond donors (Lipinski definition) is 1. The Morgan fingerprint density at radius 1 is 0.906 bits per heavy atom. The Kier molecular flexibility index (Phi) is 6.66. The average Bonchev–Trinajstić information content (AvgIpc) is 2.78. The predicted octanol–water partition coefficient (Wildman–Crippen LogP) is 4.37. The summed E-state index contributed by atoms with van der Waals surface area (Å²) < 4.78 is 43.8. The molecule has 1 N–H and O–H groups in total. The molecule has 3 amide bonds. The number of hydrogen-bond acceptors (Lipinski definition) is 3. The molecule has 172 valence electrons. The predicted molar refractivity (Wildman–Crippen MR) is 115 cm³/mol. The zero-order chi connectivity index (χ0) is 23.5. The summed E-state index contributed by atoms with van der Waals surface area (Å²) >= 11 is 0. The Morgan fingerprint density at radius 2 is 1.50 bits per heavy atom. The molecule has 0 aliphatic carbocycles. The van der Waals surface area contributed by atoms with E-state index in [1.54, 1.807) is 24.1 Å². The number of piperazine rings is 1. The van der Waals surface area contributed by atoms with Gasteiger partial charge in [0, 0.05) is 31.9 Å². The SMILES string of the molecule is COc1ccc(C(C)(C)C(=O)N2CCN(C(=O)Nc3cccc(C(F)(F)F)c3)CC2)cc1. The van der Waals surface area contributed by atoms with E-state index in [-0.39, 0.29) is 24.7 Å². The lowest BCUT2D eigenvalue weighted by atomic mass is 9.83. The third kappa shape index (κ3) is 5.15. The van der Waals surface area contributed by atoms with Gasteiger partial charge in [0.05, 0.1) is 18.1 Å². The fraction of sp³-hybridized carbons (Fsp3) is 0.391. The van der Waals surface area contributed by atoms with Crippen molar-refractivity contribution >= 4 is 17.6 Å². The van der Waals surface area contributed by atoms with Crippen molar-refractivity contribution in [2.45, 2.75) is 25.4 Å². The van der Waals surface area contributed by atoms with Gasteiger partial charge in [-0.1, -0.05) is 18.2 Å². The molecule has 2 aromatic rings. The monoisotopic (exact) mass is 449 g/mol. The topological polar surface area (TPSA) is 61.9 Å². The first-order chi connectivity index (χ1) is 15.0. The van der Waals surface area contributed by atoms with Gasteiger partial charge in [0.15, 0.2) is 0 Å². The molecular weight excluding hydrogens is 423 g/mol. The van der Waals surface area contributed by atoms with Crippen LogP contribution in [0, 0.1) is 0 Å². The van der Waals surface area contributed by atoms with Crippen LogP contribution in [0.1, 0.15) is 25.0 Å². The maximum absolute atomic E-state index is 13.1. The molecule has 1 heterocycles. The number of nitrogens with zero attached hydrogens (tertiary/aromatic N) is 2. The van der Waals surface area contributed by atoms with Gasteiger partial charge in [0.25, 0.3) is 0 Å². The second kappa shape index (κ2) is 9.10. The zero-order valence-electron chi connectivity index (χ0n) is 18.2. The molecule has 6 nitrogen and oxygen atoms in total. The molecule has 0 spiro atoms. The van der Waals surface area contributed by atoms with E-state index in [1.807, 2.05) is 26.0 Å². The largest absolute Gasteiger partial charge is 0.497 e. The molecule has 1 saturated heterocycles. The minimum Gasteiger partial charge on any atom is -0.497 e. The third-order valence-corrected chi connectivity index (χ3v) is 5.64. The summed E-state index contributed by atoms with van der Waals surface area (Å²) in [5.74, 6) is 0.651. The maximum Gasteiger partial charge on any atom is 0.416 e. The number of alkyl halides is 3. The summed E-state index contributed by atoms with van der Waals surface area (Å²) in [6.07, 6.45) is -4.48. The minimum atomic E-state index is -4.48. The van der Waals surface area contributed by atoms with Crippen molar-refractivity contribution in [1.82, 2.24) is 9.80 Å². The number of ether oxygens (including phenoxy) is 1. The van der Waals surface area contributed by atoms with Crippen molar-refractivity contribution in [2.24, 2.45) is 0 Å². The van der Waals surface area contributed by atoms with Crippen LogP contribution < -0.4 is 10.1 Å². The number of rotatable bonds is 4. The molecule has 0 saturated carbocycles. The van der Waals surface area contributed by atoms with E-state index in [0.29, 0.717) is 18.8 Å². The average molecular weight is 449 g/mol. The first-order valence-corrected chi connectivity index (χ1v) is 10.2. The highest BCUT2D eigenvalue weighted by molar-refractivity contribution is 5.90. The molecule has 2 aromatic carbocycles. The highest BCUT2D eigenvalue weighted by Crippen LogP contribution is 2.31. The first-order valence-electron chi connectivity index (χ1n) is 10.2. The van der Waals surface area contributed by atoms with E-state index in [1.165, 1.54) is 17.0 Å². The first kappa shape index (κ1) is 23.4. The molecular formula is C23H26F3N3O3. The van der Waals surface area contributed by atoms with Crippen LogP contribution in [0.25, 0.3) is 0 Å². The van der Waals surface area contributed by atoms with Gasteiger partial charge in [-0.05, 0) is 49.7 Å². The molecule has 1 fully saturated rings. The number of carbonyl (C=O) groups excluding carboxylic acids is 2. The van der Waals surface area contributed by atoms with Crippen molar-refractivity contribution in [3.8, 4) is 5.75 Å². The Morgan fingerprint density at radius 3 is 2.06 bits per heavy atom. The van der Waals surface area contributed by atoms with Crippen molar-refractivity contribution < 1.29 is 27.5 Å². The Hall–Kier alpha value is -3.23. The third-order valence-electron chi connectivity index (χ3n) is 5.64. The summed E-state index contributed by atoms with van der Waals surface area (Å²) in [4.78, 5) is 28.8. The number of amides is 3. The van der Waals surface area contributed by atoms with Crippen LogP contribution in [-0.4, -0.2) is 55.0 Å². The summed E-state index contributed by atoms with van der Waals surface area (Å²) in [6.45, 7) is 4.96. The van der Waals surface area contributed by atoms with E-state index in [0.717, 1.165) is 17.7 Å². The Balaban J connectivity index is 1.59. The number of nitrogens with one attached hydrogen (secondary N) is 1. The quantitative estimate of drug-likeness (QED) is 0.754. The summed E-state index contributed by atoms with van der Waals surface area (Å²) in [7, 11) is 1.58. The Labute approximate surface area is 184 Å². The van der Waals surface area contributed by atoms with E-state index < -0.39 is 23.2 Å². The molecule has 0 bridgehead atoms. The number of carbonyl (C=O) groups is 2. The van der Waals surface area contributed by atoms with E-state index in [9.17, 15) is 22.8 Å². The second-order valence-electron chi connectivity index (χ2n) is 8.14. The molecule has 0 radical (unpaired) electrons. The molecule has 1 aliphatic rings. The van der Waals surface area contributed by atoms with Gasteiger partial charge in [-0.25, -0.2) is 4.79 Å². The van der Waals surface area contributed by atoms with Crippen LogP contribution in [0.15, 0.2) is 48.5 Å². The fourth-order valence-corrected chi connectivity index (χ4v) is 3.61. The summed E-state index contributed by atoms with van der Waals surface area (Å²) in [5, 5.41) is 2.51. The molecule has 1 aliphatic heterocycles. The Bertz CT molecular complexity index is 966. The van der Waals surface area contributed by atoms with Crippen molar-refractivity contribution in [3.05, 3.63) is 59.7 Å². The van der Waals surface area contributed by atoms with E-state index in [4.69, 9.17) is 4.74 Å². The van der Waals surface area contributed by atoms with Crippen molar-refractivity contribution in [1.29, 1.82) is 0 Å². The van der Waals surface area contributed by atoms with Gasteiger partial charge in [-0.15, -0.1) is 0 Å². The fourth-order valence-electron chi connectivity index (χ4n) is 3.61. The second-order valence-corrected chi connectivity index (χ2v) is 8.14. The van der Waals surface area contributed by atoms with Crippen LogP contribution in [-0.2, 0) is 16.4 Å². The molecule has 9 heteroatoms. The van der Waals surface area contributed by atoms with Gasteiger partial charge < -0.3 is 19.9 Å². The molecule has 0 aromatic heterocycles. The zero-order valence-corrected chi connectivity index (χ0v) is 18.2. The number of halogens is 3. The van der Waals surface area contributed by atoms with Gasteiger partial charge in [0.2, 0.25) is 5.91 Å². The smallest absolute Gasteiger partial charge is 0.416 e. The maximum atomic E-state index is 13.1. The van der Waals surface area contributed by atoms with Gasteiger partial charge in [0.1, 0.15) is 5.75 Å². The standard InChI is InChI=1S/C23H26F3N3O3/c1-22(2,16-7-9-19(32-3)10-8-16)20(30)28-11-13-29(14-12-28)21(31)27-18-6-4-5-17(15-18)23(24,25)26/h4-10,15H,11-14H2,1-3H3,(H,27,31). The highest BCUT2D eigenvalue weighted by atomic mass is 19.4. The van der Waals surface area contributed by atoms with Crippen molar-refractivity contribution in [2.75, 3.05) is 38.6 Å². The molecule has 32 heavy (non-hydrogen) atoms. The summed E-state index contributed by atoms with van der Waals surface area (Å²) in [5.41, 5.74) is -0.655. The molecule has 0 atom stereocenters. The van der Waals surface area contributed by atoms with Crippen LogP contribution in [0.4, 0.5) is 23.7 Å². The number of methoxy groups -OCH3 is 1. The van der Waals surface area contributed by atoms with Gasteiger partial charge in [-0.2, -0.15) is 13.2 Å². The number of benzene rings is 2. The minimum absolute atomic E-state index is 0.0550. The highest BCUT2D eigenvalue weighted by Gasteiger charge is 2.36. The normalized spacial score (nSPS) is 14.8. The van der Waals surface area contributed by atoms with E-state index >= 15 is 0 Å². The molecule has 0 unspecified atom stereocenters. The number of anilines is 1. The van der Waals surface area contributed by atoms with Crippen molar-refractivity contribution in [3.63, 3.8) is 0 Å². The summed E-state index contributed by atoms with van der Waals surface area (Å²) in [6, 6.07) is 11.3. The van der Waals surface area contributed by atoms with Crippen LogP contribution >= 0.6 is 0 Å². The lowest BCUT2D eigenvalue weighted by Gasteiger charge is -2.38. The lowest BCUT2D eigenvalue weighted by Crippen LogP contribution is -2.55.